The topological polar surface area (TPSA) is 50.7 Å². The van der Waals surface area contributed by atoms with Gasteiger partial charge in [-0.05, 0) is 19.3 Å². The molecule has 1 heterocycles. The maximum absolute atomic E-state index is 5.73. The molecule has 50 valence electrons. The second kappa shape index (κ2) is 1.53. The molecule has 9 heavy (non-hydrogen) atoms. The lowest BCUT2D eigenvalue weighted by atomic mass is 9.89. The first-order chi connectivity index (χ1) is 4.31. The Hall–Kier alpha value is -0.440. The van der Waals surface area contributed by atoms with E-state index in [1.165, 1.54) is 6.42 Å². The Balaban J connectivity index is 1.97. The van der Waals surface area contributed by atoms with E-state index in [2.05, 4.69) is 10.2 Å². The molecule has 3 nitrogen and oxygen atoms in total. The Morgan fingerprint density at radius 3 is 2.67 bits per heavy atom. The van der Waals surface area contributed by atoms with Crippen molar-refractivity contribution >= 4 is 0 Å². The fraction of sp³-hybridized carbons (Fsp3) is 1.00. The van der Waals surface area contributed by atoms with Crippen molar-refractivity contribution in [3.05, 3.63) is 0 Å². The van der Waals surface area contributed by atoms with Crippen molar-refractivity contribution in [3.63, 3.8) is 0 Å². The predicted octanol–water partition coefficient (Wildman–Crippen LogP) is 1.05. The van der Waals surface area contributed by atoms with Crippen molar-refractivity contribution in [2.24, 2.45) is 16.0 Å². The molecule has 1 aliphatic heterocycles. The summed E-state index contributed by atoms with van der Waals surface area (Å²) in [4.78, 5) is 0. The van der Waals surface area contributed by atoms with E-state index in [9.17, 15) is 0 Å². The minimum Gasteiger partial charge on any atom is -0.328 e. The van der Waals surface area contributed by atoms with Gasteiger partial charge in [-0.2, -0.15) is 10.2 Å². The second-order valence-electron chi connectivity index (χ2n) is 3.04. The van der Waals surface area contributed by atoms with Crippen molar-refractivity contribution in [2.45, 2.75) is 37.4 Å². The van der Waals surface area contributed by atoms with E-state index in [1.54, 1.807) is 0 Å². The average molecular weight is 125 g/mol. The number of hydrogen-bond donors (Lipinski definition) is 1. The van der Waals surface area contributed by atoms with Crippen molar-refractivity contribution in [1.29, 1.82) is 0 Å². The van der Waals surface area contributed by atoms with Crippen LogP contribution in [0.1, 0.15) is 25.7 Å². The SMILES string of the molecule is NC1CCCC2(C1)N=N2. The van der Waals surface area contributed by atoms with E-state index in [-0.39, 0.29) is 5.66 Å². The molecule has 0 bridgehead atoms. The molecule has 1 fully saturated rings. The van der Waals surface area contributed by atoms with Crippen LogP contribution in [0.2, 0.25) is 0 Å². The summed E-state index contributed by atoms with van der Waals surface area (Å²) in [5.41, 5.74) is 5.76. The highest BCUT2D eigenvalue weighted by Crippen LogP contribution is 2.41. The lowest BCUT2D eigenvalue weighted by Gasteiger charge is -2.21. The summed E-state index contributed by atoms with van der Waals surface area (Å²) in [5.74, 6) is 0. The maximum atomic E-state index is 5.73. The van der Waals surface area contributed by atoms with Crippen LogP contribution in [0.5, 0.6) is 0 Å². The van der Waals surface area contributed by atoms with Crippen LogP contribution in [0.15, 0.2) is 10.2 Å². The van der Waals surface area contributed by atoms with Crippen LogP contribution in [0.3, 0.4) is 0 Å². The third-order valence-corrected chi connectivity index (χ3v) is 2.12. The van der Waals surface area contributed by atoms with Gasteiger partial charge >= 0.3 is 0 Å². The van der Waals surface area contributed by atoms with E-state index in [0.717, 1.165) is 19.3 Å². The molecule has 0 aromatic rings. The van der Waals surface area contributed by atoms with Gasteiger partial charge in [-0.3, -0.25) is 0 Å². The standard InChI is InChI=1S/C6H11N3/c7-5-2-1-3-6(4-5)8-9-6/h5H,1-4,7H2. The van der Waals surface area contributed by atoms with Gasteiger partial charge < -0.3 is 5.73 Å². The van der Waals surface area contributed by atoms with Gasteiger partial charge in [0.15, 0.2) is 5.66 Å². The molecule has 2 aliphatic rings. The fourth-order valence-electron chi connectivity index (χ4n) is 1.52. The molecular weight excluding hydrogens is 114 g/mol. The van der Waals surface area contributed by atoms with Crippen molar-refractivity contribution in [1.82, 2.24) is 0 Å². The molecule has 2 N–H and O–H groups in total. The van der Waals surface area contributed by atoms with Crippen molar-refractivity contribution in [2.75, 3.05) is 0 Å². The number of rotatable bonds is 0. The zero-order valence-corrected chi connectivity index (χ0v) is 5.38. The molecule has 1 aliphatic carbocycles. The van der Waals surface area contributed by atoms with Crippen molar-refractivity contribution < 1.29 is 0 Å². The van der Waals surface area contributed by atoms with E-state index >= 15 is 0 Å². The van der Waals surface area contributed by atoms with Crippen molar-refractivity contribution in [3.8, 4) is 0 Å². The van der Waals surface area contributed by atoms with Gasteiger partial charge in [0.05, 0.1) is 0 Å². The smallest absolute Gasteiger partial charge is 0.192 e. The highest BCUT2D eigenvalue weighted by molar-refractivity contribution is 4.98. The summed E-state index contributed by atoms with van der Waals surface area (Å²) in [5, 5.41) is 7.98. The van der Waals surface area contributed by atoms with Gasteiger partial charge in [0.1, 0.15) is 0 Å². The van der Waals surface area contributed by atoms with Crippen LogP contribution in [0.25, 0.3) is 0 Å². The largest absolute Gasteiger partial charge is 0.328 e. The van der Waals surface area contributed by atoms with Crippen LogP contribution in [-0.2, 0) is 0 Å². The molecule has 0 aromatic heterocycles. The van der Waals surface area contributed by atoms with Crippen LogP contribution < -0.4 is 5.73 Å². The van der Waals surface area contributed by atoms with E-state index in [1.807, 2.05) is 0 Å². The summed E-state index contributed by atoms with van der Waals surface area (Å²) >= 11 is 0. The highest BCUT2D eigenvalue weighted by Gasteiger charge is 2.43. The Labute approximate surface area is 54.3 Å². The summed E-state index contributed by atoms with van der Waals surface area (Å²) in [7, 11) is 0. The zero-order valence-electron chi connectivity index (χ0n) is 5.38. The predicted molar refractivity (Wildman–Crippen MR) is 34.0 cm³/mol. The Kier molecular flexibility index (Phi) is 0.913. The molecule has 0 aromatic carbocycles. The summed E-state index contributed by atoms with van der Waals surface area (Å²) < 4.78 is 0. The van der Waals surface area contributed by atoms with Crippen LogP contribution in [0, 0.1) is 0 Å². The molecule has 2 rings (SSSR count). The molecule has 0 saturated heterocycles. The quantitative estimate of drug-likeness (QED) is 0.517. The Morgan fingerprint density at radius 2 is 2.22 bits per heavy atom. The van der Waals surface area contributed by atoms with Gasteiger partial charge in [0.25, 0.3) is 0 Å². The molecule has 1 saturated carbocycles. The molecular formula is C6H11N3. The van der Waals surface area contributed by atoms with E-state index in [4.69, 9.17) is 5.73 Å². The molecule has 0 radical (unpaired) electrons. The zero-order chi connectivity index (χ0) is 6.32. The normalized spacial score (nSPS) is 37.2. The number of nitrogens with two attached hydrogens (primary N) is 1. The van der Waals surface area contributed by atoms with E-state index in [0.29, 0.717) is 6.04 Å². The molecule has 1 atom stereocenters. The Bertz CT molecular complexity index is 146. The number of nitrogens with zero attached hydrogens (tertiary/aromatic N) is 2. The van der Waals surface area contributed by atoms with Gasteiger partial charge in [0.2, 0.25) is 0 Å². The first-order valence-electron chi connectivity index (χ1n) is 3.50. The third-order valence-electron chi connectivity index (χ3n) is 2.12. The monoisotopic (exact) mass is 125 g/mol. The lowest BCUT2D eigenvalue weighted by Crippen LogP contribution is -2.32. The minimum absolute atomic E-state index is 0.0255. The molecule has 1 unspecified atom stereocenters. The fourth-order valence-corrected chi connectivity index (χ4v) is 1.52. The molecule has 1 spiro atoms. The van der Waals surface area contributed by atoms with Crippen LogP contribution >= 0.6 is 0 Å². The van der Waals surface area contributed by atoms with E-state index < -0.39 is 0 Å². The summed E-state index contributed by atoms with van der Waals surface area (Å²) in [6, 6.07) is 0.355. The van der Waals surface area contributed by atoms with Crippen LogP contribution in [-0.4, -0.2) is 11.7 Å². The average Bonchev–Trinajstić information content (AvgIpc) is 2.49. The van der Waals surface area contributed by atoms with Crippen LogP contribution in [0.4, 0.5) is 0 Å². The maximum Gasteiger partial charge on any atom is 0.192 e. The lowest BCUT2D eigenvalue weighted by molar-refractivity contribution is 0.354. The second-order valence-corrected chi connectivity index (χ2v) is 3.04. The summed E-state index contributed by atoms with van der Waals surface area (Å²) in [6.07, 6.45) is 4.49. The molecule has 3 heteroatoms. The number of hydrogen-bond acceptors (Lipinski definition) is 3. The van der Waals surface area contributed by atoms with Gasteiger partial charge in [-0.25, -0.2) is 0 Å². The summed E-state index contributed by atoms with van der Waals surface area (Å²) in [6.45, 7) is 0. The van der Waals surface area contributed by atoms with Gasteiger partial charge in [-0.1, -0.05) is 0 Å². The van der Waals surface area contributed by atoms with Gasteiger partial charge in [0, 0.05) is 12.5 Å². The first-order valence-corrected chi connectivity index (χ1v) is 3.50. The third kappa shape index (κ3) is 0.852. The Morgan fingerprint density at radius 1 is 1.44 bits per heavy atom. The first kappa shape index (κ1) is 5.35. The molecule has 0 amide bonds. The highest BCUT2D eigenvalue weighted by atomic mass is 15.4. The van der Waals surface area contributed by atoms with Gasteiger partial charge in [-0.15, -0.1) is 0 Å². The minimum atomic E-state index is 0.0255.